The number of aliphatic hydroxyl groups is 1. The summed E-state index contributed by atoms with van der Waals surface area (Å²) in [5.41, 5.74) is -0.348. The number of hydrogen-bond acceptors (Lipinski definition) is 4. The Morgan fingerprint density at radius 3 is 2.54 bits per heavy atom. The smallest absolute Gasteiger partial charge is 0.238 e. The third kappa shape index (κ3) is 3.12. The molecular weight excluding hydrogens is 335 g/mol. The molecule has 7 heteroatoms. The molecule has 0 spiro atoms. The van der Waals surface area contributed by atoms with Gasteiger partial charge in [0.15, 0.2) is 0 Å². The molecule has 2 fully saturated rings. The third-order valence-electron chi connectivity index (χ3n) is 5.61. The van der Waals surface area contributed by atoms with Crippen molar-refractivity contribution in [2.45, 2.75) is 43.4 Å². The molecule has 1 amide bonds. The van der Waals surface area contributed by atoms with Crippen LogP contribution in [0.2, 0.25) is 0 Å². The summed E-state index contributed by atoms with van der Waals surface area (Å²) >= 11 is 0. The highest BCUT2D eigenvalue weighted by Gasteiger charge is 2.50. The van der Waals surface area contributed by atoms with Crippen LogP contribution < -0.4 is 5.32 Å². The molecule has 2 saturated heterocycles. The van der Waals surface area contributed by atoms with Gasteiger partial charge in [-0.05, 0) is 49.9 Å². The normalized spacial score (nSPS) is 28.3. The van der Waals surface area contributed by atoms with Crippen molar-refractivity contribution in [2.24, 2.45) is 7.05 Å². The van der Waals surface area contributed by atoms with E-state index in [4.69, 9.17) is 0 Å². The zero-order valence-electron chi connectivity index (χ0n) is 14.7. The number of carbonyl (C=O) groups excluding carboxylic acids is 1. The van der Waals surface area contributed by atoms with Crippen LogP contribution >= 0.6 is 0 Å². The fourth-order valence-corrected chi connectivity index (χ4v) is 4.47. The van der Waals surface area contributed by atoms with E-state index in [9.17, 15) is 14.3 Å². The Morgan fingerprint density at radius 1 is 1.31 bits per heavy atom. The van der Waals surface area contributed by atoms with Crippen LogP contribution in [0, 0.1) is 5.82 Å². The molecule has 1 aromatic carbocycles. The number of imidazole rings is 1. The summed E-state index contributed by atoms with van der Waals surface area (Å²) in [4.78, 5) is 18.9. The van der Waals surface area contributed by atoms with Gasteiger partial charge in [0.25, 0.3) is 0 Å². The molecule has 1 aromatic heterocycles. The first-order valence-corrected chi connectivity index (χ1v) is 8.96. The van der Waals surface area contributed by atoms with Crippen LogP contribution in [0.4, 0.5) is 10.1 Å². The average molecular weight is 358 g/mol. The summed E-state index contributed by atoms with van der Waals surface area (Å²) in [5.74, 6) is 0.256. The number of piperidine rings is 1. The molecular formula is C19H23FN4O2. The zero-order chi connectivity index (χ0) is 18.3. The first-order valence-electron chi connectivity index (χ1n) is 8.96. The van der Waals surface area contributed by atoms with Gasteiger partial charge in [0.05, 0.1) is 6.54 Å². The molecule has 2 unspecified atom stereocenters. The minimum atomic E-state index is -0.936. The first-order chi connectivity index (χ1) is 12.4. The lowest BCUT2D eigenvalue weighted by Gasteiger charge is -2.43. The van der Waals surface area contributed by atoms with Crippen LogP contribution in [0.25, 0.3) is 0 Å². The van der Waals surface area contributed by atoms with E-state index in [-0.39, 0.29) is 30.4 Å². The number of benzene rings is 1. The number of halogens is 1. The topological polar surface area (TPSA) is 70.4 Å². The maximum absolute atomic E-state index is 13.0. The summed E-state index contributed by atoms with van der Waals surface area (Å²) in [7, 11) is 1.89. The Hall–Kier alpha value is -2.25. The molecule has 2 aliphatic heterocycles. The zero-order valence-corrected chi connectivity index (χ0v) is 14.7. The van der Waals surface area contributed by atoms with Gasteiger partial charge in [0.1, 0.15) is 17.2 Å². The fourth-order valence-electron chi connectivity index (χ4n) is 4.47. The molecule has 0 saturated carbocycles. The minimum absolute atomic E-state index is 0.115. The van der Waals surface area contributed by atoms with E-state index in [0.29, 0.717) is 24.4 Å². The van der Waals surface area contributed by atoms with E-state index in [2.05, 4.69) is 15.2 Å². The van der Waals surface area contributed by atoms with Crippen LogP contribution in [0.5, 0.6) is 0 Å². The van der Waals surface area contributed by atoms with Gasteiger partial charge in [0.2, 0.25) is 5.91 Å². The highest BCUT2D eigenvalue weighted by Crippen LogP contribution is 2.44. The number of nitrogens with one attached hydrogen (secondary N) is 1. The lowest BCUT2D eigenvalue weighted by Crippen LogP contribution is -2.52. The van der Waals surface area contributed by atoms with Crippen molar-refractivity contribution in [3.63, 3.8) is 0 Å². The number of nitrogens with zero attached hydrogens (tertiary/aromatic N) is 3. The van der Waals surface area contributed by atoms with E-state index >= 15 is 0 Å². The van der Waals surface area contributed by atoms with Crippen molar-refractivity contribution in [1.29, 1.82) is 0 Å². The monoisotopic (exact) mass is 358 g/mol. The molecule has 0 aliphatic carbocycles. The van der Waals surface area contributed by atoms with E-state index in [0.717, 1.165) is 12.8 Å². The van der Waals surface area contributed by atoms with E-state index in [1.165, 1.54) is 12.1 Å². The van der Waals surface area contributed by atoms with Gasteiger partial charge in [-0.25, -0.2) is 9.37 Å². The lowest BCUT2D eigenvalue weighted by atomic mass is 9.85. The van der Waals surface area contributed by atoms with Crippen LogP contribution in [0.3, 0.4) is 0 Å². The number of hydrogen-bond donors (Lipinski definition) is 2. The maximum Gasteiger partial charge on any atom is 0.238 e. The average Bonchev–Trinajstić information content (AvgIpc) is 3.13. The Kier molecular flexibility index (Phi) is 4.28. The second-order valence-corrected chi connectivity index (χ2v) is 7.41. The molecule has 26 heavy (non-hydrogen) atoms. The standard InChI is InChI=1S/C19H23FN4O2/c1-23-9-8-21-18(23)19(26)10-15-6-7-16(11-19)24(15)12-17(25)22-14-4-2-13(20)3-5-14/h2-5,8-9,15-16,26H,6-7,10-12H2,1H3,(H,22,25). The minimum Gasteiger partial charge on any atom is -0.382 e. The number of amides is 1. The van der Waals surface area contributed by atoms with Gasteiger partial charge in [-0.15, -0.1) is 0 Å². The summed E-state index contributed by atoms with van der Waals surface area (Å²) in [6.07, 6.45) is 6.66. The van der Waals surface area contributed by atoms with Crippen LogP contribution in [-0.2, 0) is 17.4 Å². The van der Waals surface area contributed by atoms with Crippen molar-refractivity contribution in [3.05, 3.63) is 48.3 Å². The lowest BCUT2D eigenvalue weighted by molar-refractivity contribution is -0.121. The number of fused-ring (bicyclic) bond motifs is 2. The summed E-state index contributed by atoms with van der Waals surface area (Å²) in [6, 6.07) is 6.08. The summed E-state index contributed by atoms with van der Waals surface area (Å²) in [6.45, 7) is 0.281. The Bertz CT molecular complexity index is 790. The molecule has 6 nitrogen and oxygen atoms in total. The molecule has 2 bridgehead atoms. The predicted molar refractivity (Wildman–Crippen MR) is 94.9 cm³/mol. The van der Waals surface area contributed by atoms with Crippen molar-refractivity contribution < 1.29 is 14.3 Å². The number of aromatic nitrogens is 2. The van der Waals surface area contributed by atoms with Crippen LogP contribution in [0.1, 0.15) is 31.5 Å². The van der Waals surface area contributed by atoms with Gasteiger partial charge >= 0.3 is 0 Å². The predicted octanol–water partition coefficient (Wildman–Crippen LogP) is 2.01. The molecule has 2 atom stereocenters. The van der Waals surface area contributed by atoms with Gasteiger partial charge < -0.3 is 15.0 Å². The first kappa shape index (κ1) is 17.2. The van der Waals surface area contributed by atoms with E-state index in [1.807, 2.05) is 17.8 Å². The Morgan fingerprint density at radius 2 is 1.96 bits per heavy atom. The second kappa shape index (κ2) is 6.48. The van der Waals surface area contributed by atoms with Gasteiger partial charge in [0, 0.05) is 37.2 Å². The van der Waals surface area contributed by atoms with Crippen molar-refractivity contribution >= 4 is 11.6 Å². The fraction of sp³-hybridized carbons (Fsp3) is 0.474. The van der Waals surface area contributed by atoms with Crippen LogP contribution in [-0.4, -0.2) is 44.1 Å². The van der Waals surface area contributed by atoms with Crippen molar-refractivity contribution in [2.75, 3.05) is 11.9 Å². The highest BCUT2D eigenvalue weighted by atomic mass is 19.1. The largest absolute Gasteiger partial charge is 0.382 e. The Balaban J connectivity index is 1.43. The SMILES string of the molecule is Cn1ccnc1C1(O)CC2CCC(C1)N2CC(=O)Nc1ccc(F)cc1. The van der Waals surface area contributed by atoms with Gasteiger partial charge in [-0.3, -0.25) is 9.69 Å². The van der Waals surface area contributed by atoms with Crippen LogP contribution in [0.15, 0.2) is 36.7 Å². The molecule has 0 radical (unpaired) electrons. The molecule has 2 N–H and O–H groups in total. The molecule has 2 aliphatic rings. The number of rotatable bonds is 4. The third-order valence-corrected chi connectivity index (χ3v) is 5.61. The van der Waals surface area contributed by atoms with Crippen molar-refractivity contribution in [3.8, 4) is 0 Å². The van der Waals surface area contributed by atoms with Crippen molar-refractivity contribution in [1.82, 2.24) is 14.5 Å². The number of anilines is 1. The number of carbonyl (C=O) groups is 1. The summed E-state index contributed by atoms with van der Waals surface area (Å²) < 4.78 is 14.8. The molecule has 138 valence electrons. The van der Waals surface area contributed by atoms with Gasteiger partial charge in [-0.1, -0.05) is 0 Å². The maximum atomic E-state index is 13.0. The summed E-state index contributed by atoms with van der Waals surface area (Å²) in [5, 5.41) is 14.0. The molecule has 3 heterocycles. The quantitative estimate of drug-likeness (QED) is 0.877. The highest BCUT2D eigenvalue weighted by molar-refractivity contribution is 5.92. The second-order valence-electron chi connectivity index (χ2n) is 7.41. The van der Waals surface area contributed by atoms with E-state index in [1.54, 1.807) is 18.3 Å². The van der Waals surface area contributed by atoms with E-state index < -0.39 is 5.60 Å². The Labute approximate surface area is 151 Å². The number of aryl methyl sites for hydroxylation is 1. The molecule has 4 rings (SSSR count). The molecule has 2 aromatic rings. The van der Waals surface area contributed by atoms with Gasteiger partial charge in [-0.2, -0.15) is 0 Å².